The average molecular weight is 224 g/mol. The maximum absolute atomic E-state index is 11.2. The number of esters is 1. The molecule has 0 N–H and O–H groups in total. The van der Waals surface area contributed by atoms with E-state index in [0.29, 0.717) is 5.75 Å². The lowest BCUT2D eigenvalue weighted by atomic mass is 10.0. The van der Waals surface area contributed by atoms with Crippen molar-refractivity contribution in [1.29, 1.82) is 0 Å². The zero-order valence-electron chi connectivity index (χ0n) is 9.35. The highest BCUT2D eigenvalue weighted by Crippen LogP contribution is 2.29. The molecule has 0 amide bonds. The summed E-state index contributed by atoms with van der Waals surface area (Å²) in [5.74, 6) is 0.0811. The third-order valence-electron chi connectivity index (χ3n) is 2.51. The first kappa shape index (κ1) is 11.1. The van der Waals surface area contributed by atoms with Crippen LogP contribution in [0.1, 0.15) is 5.56 Å². The van der Waals surface area contributed by atoms with E-state index in [9.17, 15) is 4.79 Å². The number of rotatable bonds is 3. The molecule has 0 fully saturated rings. The summed E-state index contributed by atoms with van der Waals surface area (Å²) in [5.41, 5.74) is 1.01. The van der Waals surface area contributed by atoms with Crippen LogP contribution in [0.3, 0.4) is 0 Å². The van der Waals surface area contributed by atoms with E-state index in [1.165, 1.54) is 0 Å². The second kappa shape index (κ2) is 4.66. The van der Waals surface area contributed by atoms with Gasteiger partial charge in [0.05, 0.1) is 0 Å². The molecule has 2 heteroatoms. The summed E-state index contributed by atoms with van der Waals surface area (Å²) in [6, 6.07) is 11.4. The van der Waals surface area contributed by atoms with Crippen LogP contribution >= 0.6 is 0 Å². The summed E-state index contributed by atoms with van der Waals surface area (Å²) in [7, 11) is 0. The highest BCUT2D eigenvalue weighted by Gasteiger charge is 2.07. The van der Waals surface area contributed by atoms with Crippen LogP contribution in [-0.2, 0) is 4.79 Å². The van der Waals surface area contributed by atoms with E-state index in [0.717, 1.165) is 22.4 Å². The van der Waals surface area contributed by atoms with Crippen molar-refractivity contribution in [2.75, 3.05) is 0 Å². The number of carbonyl (C=O) groups excluding carboxylic acids is 1. The van der Waals surface area contributed by atoms with Gasteiger partial charge in [-0.15, -0.1) is 0 Å². The molecular formula is C15H12O2. The zero-order valence-corrected chi connectivity index (χ0v) is 9.35. The molecule has 0 unspecified atom stereocenters. The molecule has 2 rings (SSSR count). The predicted molar refractivity (Wildman–Crippen MR) is 69.9 cm³/mol. The average Bonchev–Trinajstić information content (AvgIpc) is 2.39. The van der Waals surface area contributed by atoms with Crippen LogP contribution in [0.5, 0.6) is 5.75 Å². The van der Waals surface area contributed by atoms with Crippen LogP contribution < -0.4 is 4.74 Å². The van der Waals surface area contributed by atoms with Crippen molar-refractivity contribution in [3.05, 3.63) is 61.2 Å². The molecule has 0 saturated carbocycles. The van der Waals surface area contributed by atoms with E-state index in [2.05, 4.69) is 13.2 Å². The summed E-state index contributed by atoms with van der Waals surface area (Å²) >= 11 is 0. The third-order valence-corrected chi connectivity index (χ3v) is 2.51. The normalized spacial score (nSPS) is 9.88. The van der Waals surface area contributed by atoms with Gasteiger partial charge in [-0.1, -0.05) is 49.6 Å². The first-order valence-corrected chi connectivity index (χ1v) is 5.24. The predicted octanol–water partition coefficient (Wildman–Crippen LogP) is 3.57. The highest BCUT2D eigenvalue weighted by atomic mass is 16.5. The van der Waals surface area contributed by atoms with Crippen LogP contribution in [0.15, 0.2) is 55.6 Å². The number of hydrogen-bond acceptors (Lipinski definition) is 2. The van der Waals surface area contributed by atoms with Gasteiger partial charge in [-0.25, -0.2) is 4.79 Å². The number of fused-ring (bicyclic) bond motifs is 1. The van der Waals surface area contributed by atoms with Crippen molar-refractivity contribution in [2.24, 2.45) is 0 Å². The van der Waals surface area contributed by atoms with Crippen LogP contribution in [0, 0.1) is 0 Å². The molecule has 84 valence electrons. The van der Waals surface area contributed by atoms with Crippen LogP contribution in [0.2, 0.25) is 0 Å². The van der Waals surface area contributed by atoms with E-state index in [-0.39, 0.29) is 0 Å². The molecule has 0 aliphatic rings. The van der Waals surface area contributed by atoms with Gasteiger partial charge in [0, 0.05) is 11.5 Å². The molecule has 17 heavy (non-hydrogen) atoms. The van der Waals surface area contributed by atoms with Crippen molar-refractivity contribution < 1.29 is 9.53 Å². The molecule has 0 bridgehead atoms. The topological polar surface area (TPSA) is 26.3 Å². The van der Waals surface area contributed by atoms with E-state index in [1.54, 1.807) is 12.1 Å². The van der Waals surface area contributed by atoms with Gasteiger partial charge in [0.15, 0.2) is 0 Å². The van der Waals surface area contributed by atoms with Gasteiger partial charge < -0.3 is 4.74 Å². The Bertz CT molecular complexity index is 597. The summed E-state index contributed by atoms with van der Waals surface area (Å²) in [5, 5.41) is 1.90. The van der Waals surface area contributed by atoms with Gasteiger partial charge in [-0.3, -0.25) is 0 Å². The van der Waals surface area contributed by atoms with E-state index >= 15 is 0 Å². The van der Waals surface area contributed by atoms with E-state index < -0.39 is 5.97 Å². The third kappa shape index (κ3) is 2.11. The standard InChI is InChI=1S/C15H12O2/c1-3-11-9-10-14(17-15(16)4-2)13-8-6-5-7-12(11)13/h3-10H,1-2H2. The summed E-state index contributed by atoms with van der Waals surface area (Å²) < 4.78 is 5.19. The Morgan fingerprint density at radius 2 is 1.76 bits per heavy atom. The number of ether oxygens (including phenoxy) is 1. The first-order valence-electron chi connectivity index (χ1n) is 5.24. The van der Waals surface area contributed by atoms with Crippen molar-refractivity contribution in [3.63, 3.8) is 0 Å². The molecule has 0 heterocycles. The highest BCUT2D eigenvalue weighted by molar-refractivity contribution is 5.96. The van der Waals surface area contributed by atoms with Crippen LogP contribution in [-0.4, -0.2) is 5.97 Å². The lowest BCUT2D eigenvalue weighted by Gasteiger charge is -2.08. The molecule has 0 aromatic heterocycles. The summed E-state index contributed by atoms with van der Waals surface area (Å²) in [4.78, 5) is 11.2. The quantitative estimate of drug-likeness (QED) is 0.452. The van der Waals surface area contributed by atoms with Gasteiger partial charge in [-0.2, -0.15) is 0 Å². The molecule has 0 radical (unpaired) electrons. The molecule has 2 aromatic carbocycles. The van der Waals surface area contributed by atoms with Crippen LogP contribution in [0.4, 0.5) is 0 Å². The lowest BCUT2D eigenvalue weighted by molar-refractivity contribution is -0.128. The summed E-state index contributed by atoms with van der Waals surface area (Å²) in [6.07, 6.45) is 2.93. The monoisotopic (exact) mass is 224 g/mol. The fourth-order valence-electron chi connectivity index (χ4n) is 1.71. The van der Waals surface area contributed by atoms with Gasteiger partial charge in [0.1, 0.15) is 5.75 Å². The fourth-order valence-corrected chi connectivity index (χ4v) is 1.71. The van der Waals surface area contributed by atoms with E-state index in [1.807, 2.05) is 30.3 Å². The zero-order chi connectivity index (χ0) is 12.3. The minimum atomic E-state index is -0.457. The van der Waals surface area contributed by atoms with Gasteiger partial charge >= 0.3 is 5.97 Å². The van der Waals surface area contributed by atoms with E-state index in [4.69, 9.17) is 4.74 Å². The number of hydrogen-bond donors (Lipinski definition) is 0. The molecule has 0 aliphatic carbocycles. The Morgan fingerprint density at radius 1 is 1.06 bits per heavy atom. The molecule has 0 saturated heterocycles. The Hall–Kier alpha value is -2.35. The molecule has 2 aromatic rings. The maximum atomic E-state index is 11.2. The Labute approximate surface area is 99.8 Å². The van der Waals surface area contributed by atoms with Crippen molar-refractivity contribution >= 4 is 22.8 Å². The molecule has 0 spiro atoms. The molecule has 0 atom stereocenters. The molecule has 2 nitrogen and oxygen atoms in total. The fraction of sp³-hybridized carbons (Fsp3) is 0. The smallest absolute Gasteiger partial charge is 0.335 e. The van der Waals surface area contributed by atoms with Gasteiger partial charge in [0.25, 0.3) is 0 Å². The Kier molecular flexibility index (Phi) is 3.06. The van der Waals surface area contributed by atoms with Crippen molar-refractivity contribution in [2.45, 2.75) is 0 Å². The lowest BCUT2D eigenvalue weighted by Crippen LogP contribution is -2.03. The minimum Gasteiger partial charge on any atom is -0.423 e. The van der Waals surface area contributed by atoms with Gasteiger partial charge in [0.2, 0.25) is 0 Å². The number of carbonyl (C=O) groups is 1. The largest absolute Gasteiger partial charge is 0.423 e. The second-order valence-corrected chi connectivity index (χ2v) is 3.53. The Balaban J connectivity index is 2.62. The SMILES string of the molecule is C=CC(=O)Oc1ccc(C=C)c2ccccc12. The maximum Gasteiger partial charge on any atom is 0.335 e. The van der Waals surface area contributed by atoms with Crippen molar-refractivity contribution in [3.8, 4) is 5.75 Å². The second-order valence-electron chi connectivity index (χ2n) is 3.53. The van der Waals surface area contributed by atoms with Crippen molar-refractivity contribution in [1.82, 2.24) is 0 Å². The van der Waals surface area contributed by atoms with Gasteiger partial charge in [-0.05, 0) is 17.0 Å². The first-order chi connectivity index (χ1) is 8.26. The van der Waals surface area contributed by atoms with Crippen LogP contribution in [0.25, 0.3) is 16.8 Å². The molecular weight excluding hydrogens is 212 g/mol. The summed E-state index contributed by atoms with van der Waals surface area (Å²) in [6.45, 7) is 7.14. The molecule has 0 aliphatic heterocycles. The number of benzene rings is 2. The minimum absolute atomic E-state index is 0.457. The Morgan fingerprint density at radius 3 is 2.41 bits per heavy atom.